The lowest BCUT2D eigenvalue weighted by Crippen LogP contribution is -2.04. The number of benzene rings is 2. The van der Waals surface area contributed by atoms with Gasteiger partial charge in [-0.05, 0) is 42.8 Å². The second-order valence-corrected chi connectivity index (χ2v) is 5.69. The average molecular weight is 269 g/mol. The summed E-state index contributed by atoms with van der Waals surface area (Å²) in [6, 6.07) is 12.4. The lowest BCUT2D eigenvalue weighted by molar-refractivity contribution is 0.820. The smallest absolute Gasteiger partial charge is 0.0811 e. The molecule has 0 fully saturated rings. The third-order valence-corrected chi connectivity index (χ3v) is 4.27. The molecule has 0 bridgehead atoms. The van der Waals surface area contributed by atoms with E-state index in [0.29, 0.717) is 0 Å². The molecule has 96 valence electrons. The van der Waals surface area contributed by atoms with Crippen LogP contribution in [0.3, 0.4) is 0 Å². The van der Waals surface area contributed by atoms with Crippen LogP contribution in [0.25, 0.3) is 20.8 Å². The van der Waals surface area contributed by atoms with E-state index >= 15 is 0 Å². The molecular formula is C15H15N3S. The number of aromatic nitrogens is 1. The molecule has 0 spiro atoms. The summed E-state index contributed by atoms with van der Waals surface area (Å²) in [5, 5.41) is 0.980. The van der Waals surface area contributed by atoms with Gasteiger partial charge in [-0.15, -0.1) is 11.3 Å². The van der Waals surface area contributed by atoms with Crippen LogP contribution < -0.4 is 11.1 Å². The maximum absolute atomic E-state index is 5.93. The molecule has 0 saturated heterocycles. The minimum atomic E-state index is 0.0456. The Morgan fingerprint density at radius 2 is 2.05 bits per heavy atom. The molecule has 1 aromatic carbocycles. The predicted molar refractivity (Wildman–Crippen MR) is 80.3 cm³/mol. The first-order valence-corrected chi connectivity index (χ1v) is 7.02. The van der Waals surface area contributed by atoms with Crippen LogP contribution in [-0.4, -0.2) is 12.0 Å². The van der Waals surface area contributed by atoms with Crippen LogP contribution in [-0.2, 0) is 0 Å². The van der Waals surface area contributed by atoms with Crippen LogP contribution in [0, 0.1) is 0 Å². The van der Waals surface area contributed by atoms with Crippen molar-refractivity contribution in [1.29, 1.82) is 0 Å². The van der Waals surface area contributed by atoms with Crippen molar-refractivity contribution in [2.75, 3.05) is 7.05 Å². The van der Waals surface area contributed by atoms with E-state index in [1.807, 2.05) is 31.2 Å². The van der Waals surface area contributed by atoms with Crippen molar-refractivity contribution in [3.05, 3.63) is 47.3 Å². The molecule has 19 heavy (non-hydrogen) atoms. The van der Waals surface area contributed by atoms with Crippen LogP contribution in [0.5, 0.6) is 0 Å². The fourth-order valence-electron chi connectivity index (χ4n) is 2.05. The summed E-state index contributed by atoms with van der Waals surface area (Å²) >= 11 is 1.73. The quantitative estimate of drug-likeness (QED) is 0.690. The molecule has 0 aromatic heterocycles. The second-order valence-electron chi connectivity index (χ2n) is 4.61. The van der Waals surface area contributed by atoms with Crippen LogP contribution in [0.15, 0.2) is 41.4 Å². The predicted octanol–water partition coefficient (Wildman–Crippen LogP) is 2.95. The molecule has 2 aliphatic rings. The first kappa shape index (κ1) is 12.3. The van der Waals surface area contributed by atoms with Crippen molar-refractivity contribution in [3.8, 4) is 10.6 Å². The average Bonchev–Trinajstić information content (AvgIpc) is 2.43. The Labute approximate surface area is 115 Å². The number of rotatable bonds is 1. The summed E-state index contributed by atoms with van der Waals surface area (Å²) in [4.78, 5) is 10.0. The highest BCUT2D eigenvalue weighted by Crippen LogP contribution is 2.30. The first-order valence-electron chi connectivity index (χ1n) is 6.20. The van der Waals surface area contributed by atoms with Crippen LogP contribution >= 0.6 is 11.3 Å². The summed E-state index contributed by atoms with van der Waals surface area (Å²) in [5.74, 6) is 0. The van der Waals surface area contributed by atoms with Gasteiger partial charge in [0.05, 0.1) is 26.1 Å². The molecule has 0 radical (unpaired) electrons. The van der Waals surface area contributed by atoms with Gasteiger partial charge in [0.2, 0.25) is 0 Å². The summed E-state index contributed by atoms with van der Waals surface area (Å²) in [6.45, 7) is 1.99. The van der Waals surface area contributed by atoms with Gasteiger partial charge in [0.25, 0.3) is 0 Å². The molecule has 2 N–H and O–H groups in total. The highest BCUT2D eigenvalue weighted by molar-refractivity contribution is 7.21. The molecule has 3 nitrogen and oxygen atoms in total. The van der Waals surface area contributed by atoms with Gasteiger partial charge in [-0.25, -0.2) is 4.98 Å². The van der Waals surface area contributed by atoms with Crippen molar-refractivity contribution in [1.82, 2.24) is 4.98 Å². The Hall–Kier alpha value is -1.78. The molecule has 1 aliphatic heterocycles. The Bertz CT molecular complexity index is 774. The van der Waals surface area contributed by atoms with Crippen LogP contribution in [0.2, 0.25) is 0 Å². The minimum Gasteiger partial charge on any atom is -0.324 e. The molecule has 1 atom stereocenters. The van der Waals surface area contributed by atoms with Gasteiger partial charge in [-0.1, -0.05) is 6.07 Å². The van der Waals surface area contributed by atoms with Crippen molar-refractivity contribution in [3.63, 3.8) is 0 Å². The van der Waals surface area contributed by atoms with Gasteiger partial charge in [0, 0.05) is 13.1 Å². The maximum Gasteiger partial charge on any atom is 0.0811 e. The zero-order chi connectivity index (χ0) is 13.4. The summed E-state index contributed by atoms with van der Waals surface area (Å²) in [6.07, 6.45) is 0. The number of nitrogens with two attached hydrogens (primary N) is 1. The van der Waals surface area contributed by atoms with E-state index in [0.717, 1.165) is 31.7 Å². The van der Waals surface area contributed by atoms with Gasteiger partial charge in [0.1, 0.15) is 0 Å². The molecular weight excluding hydrogens is 254 g/mol. The number of hydrogen-bond acceptors (Lipinski definition) is 4. The van der Waals surface area contributed by atoms with E-state index < -0.39 is 0 Å². The Balaban J connectivity index is 2.31. The molecule has 0 amide bonds. The summed E-state index contributed by atoms with van der Waals surface area (Å²) in [7, 11) is 1.80. The van der Waals surface area contributed by atoms with Gasteiger partial charge in [-0.3, -0.25) is 4.99 Å². The topological polar surface area (TPSA) is 51.3 Å². The van der Waals surface area contributed by atoms with Crippen molar-refractivity contribution in [2.24, 2.45) is 10.7 Å². The lowest BCUT2D eigenvalue weighted by Gasteiger charge is -2.09. The second kappa shape index (κ2) is 4.72. The van der Waals surface area contributed by atoms with E-state index in [1.165, 1.54) is 0 Å². The third kappa shape index (κ3) is 2.25. The van der Waals surface area contributed by atoms with E-state index in [2.05, 4.69) is 22.1 Å². The summed E-state index contributed by atoms with van der Waals surface area (Å²) in [5.41, 5.74) is 9.10. The fourth-order valence-corrected chi connectivity index (χ4v) is 3.10. The normalized spacial score (nSPS) is 14.2. The van der Waals surface area contributed by atoms with E-state index in [1.54, 1.807) is 18.4 Å². The van der Waals surface area contributed by atoms with E-state index in [9.17, 15) is 0 Å². The Morgan fingerprint density at radius 3 is 2.79 bits per heavy atom. The zero-order valence-corrected chi connectivity index (χ0v) is 11.7. The maximum atomic E-state index is 5.93. The monoisotopic (exact) mass is 269 g/mol. The first-order chi connectivity index (χ1) is 9.17. The van der Waals surface area contributed by atoms with E-state index in [-0.39, 0.29) is 6.04 Å². The number of hydrogen-bond donors (Lipinski definition) is 1. The lowest BCUT2D eigenvalue weighted by atomic mass is 10.1. The third-order valence-electron chi connectivity index (χ3n) is 3.17. The van der Waals surface area contributed by atoms with Crippen molar-refractivity contribution in [2.45, 2.75) is 13.0 Å². The fraction of sp³-hybridized carbons (Fsp3) is 0.200. The van der Waals surface area contributed by atoms with Gasteiger partial charge >= 0.3 is 0 Å². The zero-order valence-electron chi connectivity index (χ0n) is 10.9. The minimum absolute atomic E-state index is 0.0456. The Kier molecular flexibility index (Phi) is 3.05. The van der Waals surface area contributed by atoms with Crippen LogP contribution in [0.1, 0.15) is 18.5 Å². The van der Waals surface area contributed by atoms with Gasteiger partial charge in [-0.2, -0.15) is 0 Å². The largest absolute Gasteiger partial charge is 0.324 e. The Morgan fingerprint density at radius 1 is 1.21 bits per heavy atom. The molecule has 1 aliphatic carbocycles. The summed E-state index contributed by atoms with van der Waals surface area (Å²) < 4.78 is 1.16. The number of nitrogens with zero attached hydrogens (tertiary/aromatic N) is 2. The van der Waals surface area contributed by atoms with E-state index in [4.69, 9.17) is 5.73 Å². The molecule has 0 saturated carbocycles. The highest BCUT2D eigenvalue weighted by atomic mass is 32.1. The molecule has 1 heterocycles. The van der Waals surface area contributed by atoms with Gasteiger partial charge < -0.3 is 5.73 Å². The molecule has 1 unspecified atom stereocenters. The van der Waals surface area contributed by atoms with Crippen molar-refractivity contribution >= 4 is 21.6 Å². The molecule has 4 heteroatoms. The van der Waals surface area contributed by atoms with Gasteiger partial charge in [0.15, 0.2) is 0 Å². The van der Waals surface area contributed by atoms with Crippen LogP contribution in [0.4, 0.5) is 0 Å². The standard InChI is InChI=1S/C15H15N3S/c1-9(16)10-3-5-12-14(7-10)19-15-8-11(17-2)4-6-13(15)18-12/h3-9H,16H2,1-2H3. The highest BCUT2D eigenvalue weighted by Gasteiger charge is 2.08. The van der Waals surface area contributed by atoms with Crippen molar-refractivity contribution < 1.29 is 0 Å². The molecule has 1 aromatic rings. The number of fused-ring (bicyclic) bond motifs is 2. The molecule has 3 rings (SSSR count). The SMILES string of the molecule is CN=c1ccc2nc3ccc(C(C)N)cc3sc-2c1.